The smallest absolute Gasteiger partial charge is 0.124 e. The van der Waals surface area contributed by atoms with E-state index in [-0.39, 0.29) is 11.9 Å². The van der Waals surface area contributed by atoms with Gasteiger partial charge >= 0.3 is 0 Å². The first-order valence-electron chi connectivity index (χ1n) is 6.25. The van der Waals surface area contributed by atoms with Crippen LogP contribution < -0.4 is 0 Å². The molecular weight excluding hydrogens is 347 g/mol. The molecule has 1 aromatic carbocycles. The van der Waals surface area contributed by atoms with E-state index in [1.807, 2.05) is 13.8 Å². The van der Waals surface area contributed by atoms with Gasteiger partial charge in [-0.25, -0.2) is 4.39 Å². The van der Waals surface area contributed by atoms with Crippen LogP contribution in [0, 0.1) is 5.82 Å². The van der Waals surface area contributed by atoms with Crippen molar-refractivity contribution in [1.82, 2.24) is 9.78 Å². The predicted octanol–water partition coefficient (Wildman–Crippen LogP) is 4.30. The summed E-state index contributed by atoms with van der Waals surface area (Å²) in [7, 11) is 0. The summed E-state index contributed by atoms with van der Waals surface area (Å²) in [4.78, 5) is 0. The molecule has 0 spiro atoms. The molecule has 6 heteroatoms. The van der Waals surface area contributed by atoms with Gasteiger partial charge in [0.2, 0.25) is 0 Å². The minimum Gasteiger partial charge on any atom is -0.386 e. The zero-order valence-corrected chi connectivity index (χ0v) is 13.5. The van der Waals surface area contributed by atoms with Crippen molar-refractivity contribution in [2.75, 3.05) is 0 Å². The summed E-state index contributed by atoms with van der Waals surface area (Å²) < 4.78 is 15.5. The molecule has 1 N–H and O–H groups in total. The zero-order valence-electron chi connectivity index (χ0n) is 11.1. The van der Waals surface area contributed by atoms with Crippen molar-refractivity contribution in [3.05, 3.63) is 51.0 Å². The predicted molar refractivity (Wildman–Crippen MR) is 80.4 cm³/mol. The standard InChI is InChI=1S/C14H15BrClFN2O/c1-8(2)19-14(11(15)7-18-19)13(20)5-9-3-4-10(17)6-12(9)16/h3-4,6-8,13,20H,5H2,1-2H3. The Hall–Kier alpha value is -0.910. The number of aromatic nitrogens is 2. The van der Waals surface area contributed by atoms with Crippen LogP contribution in [0.4, 0.5) is 4.39 Å². The van der Waals surface area contributed by atoms with Crippen molar-refractivity contribution in [3.63, 3.8) is 0 Å². The van der Waals surface area contributed by atoms with Crippen LogP contribution in [0.3, 0.4) is 0 Å². The average Bonchev–Trinajstić information content (AvgIpc) is 2.75. The third-order valence-electron chi connectivity index (χ3n) is 3.02. The second-order valence-electron chi connectivity index (χ2n) is 4.87. The molecule has 1 unspecified atom stereocenters. The lowest BCUT2D eigenvalue weighted by Gasteiger charge is -2.17. The lowest BCUT2D eigenvalue weighted by molar-refractivity contribution is 0.164. The molecular formula is C14H15BrClFN2O. The highest BCUT2D eigenvalue weighted by molar-refractivity contribution is 9.10. The van der Waals surface area contributed by atoms with Gasteiger partial charge < -0.3 is 5.11 Å². The molecule has 0 amide bonds. The number of rotatable bonds is 4. The Morgan fingerprint density at radius 2 is 2.15 bits per heavy atom. The van der Waals surface area contributed by atoms with Gasteiger partial charge in [0.25, 0.3) is 0 Å². The van der Waals surface area contributed by atoms with Gasteiger partial charge in [0, 0.05) is 17.5 Å². The maximum atomic E-state index is 13.0. The highest BCUT2D eigenvalue weighted by Crippen LogP contribution is 2.30. The maximum Gasteiger partial charge on any atom is 0.124 e. The Labute approximate surface area is 130 Å². The molecule has 0 aliphatic heterocycles. The normalized spacial score (nSPS) is 12.9. The molecule has 1 heterocycles. The number of aliphatic hydroxyl groups excluding tert-OH is 1. The third kappa shape index (κ3) is 3.22. The summed E-state index contributed by atoms with van der Waals surface area (Å²) in [6.07, 6.45) is 1.19. The summed E-state index contributed by atoms with van der Waals surface area (Å²) in [5.41, 5.74) is 1.39. The molecule has 0 bridgehead atoms. The lowest BCUT2D eigenvalue weighted by Crippen LogP contribution is -2.13. The SMILES string of the molecule is CC(C)n1ncc(Br)c1C(O)Cc1ccc(F)cc1Cl. The third-order valence-corrected chi connectivity index (χ3v) is 3.98. The van der Waals surface area contributed by atoms with Crippen molar-refractivity contribution in [2.24, 2.45) is 0 Å². The summed E-state index contributed by atoms with van der Waals surface area (Å²) in [6, 6.07) is 4.31. The second kappa shape index (κ2) is 6.24. The van der Waals surface area contributed by atoms with Crippen molar-refractivity contribution in [3.8, 4) is 0 Å². The Kier molecular flexibility index (Phi) is 4.83. The van der Waals surface area contributed by atoms with Crippen LogP contribution in [0.25, 0.3) is 0 Å². The monoisotopic (exact) mass is 360 g/mol. The number of aliphatic hydroxyl groups is 1. The fourth-order valence-corrected chi connectivity index (χ4v) is 2.85. The summed E-state index contributed by atoms with van der Waals surface area (Å²) >= 11 is 9.39. The van der Waals surface area contributed by atoms with Gasteiger partial charge in [-0.15, -0.1) is 0 Å². The van der Waals surface area contributed by atoms with Crippen LogP contribution in [0.5, 0.6) is 0 Å². The molecule has 1 aromatic heterocycles. The Morgan fingerprint density at radius 1 is 1.45 bits per heavy atom. The van der Waals surface area contributed by atoms with Gasteiger partial charge in [-0.3, -0.25) is 4.68 Å². The summed E-state index contributed by atoms with van der Waals surface area (Å²) in [5.74, 6) is -0.387. The molecule has 0 fully saturated rings. The lowest BCUT2D eigenvalue weighted by atomic mass is 10.1. The fraction of sp³-hybridized carbons (Fsp3) is 0.357. The van der Waals surface area contributed by atoms with Crippen molar-refractivity contribution >= 4 is 27.5 Å². The van der Waals surface area contributed by atoms with E-state index in [2.05, 4.69) is 21.0 Å². The first kappa shape index (κ1) is 15.5. The van der Waals surface area contributed by atoms with Gasteiger partial charge in [0.05, 0.1) is 16.4 Å². The molecule has 108 valence electrons. The van der Waals surface area contributed by atoms with Crippen LogP contribution >= 0.6 is 27.5 Å². The van der Waals surface area contributed by atoms with E-state index in [0.717, 1.165) is 4.47 Å². The topological polar surface area (TPSA) is 38.0 Å². The quantitative estimate of drug-likeness (QED) is 0.882. The van der Waals surface area contributed by atoms with Gasteiger partial charge in [0.1, 0.15) is 11.9 Å². The first-order chi connectivity index (χ1) is 9.40. The minimum atomic E-state index is -0.766. The fourth-order valence-electron chi connectivity index (χ4n) is 2.07. The maximum absolute atomic E-state index is 13.0. The van der Waals surface area contributed by atoms with E-state index in [4.69, 9.17) is 11.6 Å². The number of hydrogen-bond acceptors (Lipinski definition) is 2. The van der Waals surface area contributed by atoms with Crippen molar-refractivity contribution < 1.29 is 9.50 Å². The van der Waals surface area contributed by atoms with Crippen LogP contribution in [-0.2, 0) is 6.42 Å². The minimum absolute atomic E-state index is 0.134. The Morgan fingerprint density at radius 3 is 2.75 bits per heavy atom. The number of nitrogens with zero attached hydrogens (tertiary/aromatic N) is 2. The largest absolute Gasteiger partial charge is 0.386 e. The highest BCUT2D eigenvalue weighted by atomic mass is 79.9. The number of hydrogen-bond donors (Lipinski definition) is 1. The van der Waals surface area contributed by atoms with E-state index in [0.29, 0.717) is 22.7 Å². The second-order valence-corrected chi connectivity index (χ2v) is 6.13. The van der Waals surface area contributed by atoms with Crippen LogP contribution in [-0.4, -0.2) is 14.9 Å². The molecule has 0 aliphatic carbocycles. The van der Waals surface area contributed by atoms with Crippen molar-refractivity contribution in [2.45, 2.75) is 32.4 Å². The van der Waals surface area contributed by atoms with Crippen molar-refractivity contribution in [1.29, 1.82) is 0 Å². The van der Waals surface area contributed by atoms with E-state index in [9.17, 15) is 9.50 Å². The summed E-state index contributed by atoms with van der Waals surface area (Å²) in [5, 5.41) is 15.0. The molecule has 0 aliphatic rings. The molecule has 0 saturated carbocycles. The first-order valence-corrected chi connectivity index (χ1v) is 7.42. The van der Waals surface area contributed by atoms with Crippen LogP contribution in [0.1, 0.15) is 37.3 Å². The van der Waals surface area contributed by atoms with Gasteiger partial charge in [-0.1, -0.05) is 17.7 Å². The van der Waals surface area contributed by atoms with Gasteiger partial charge in [0.15, 0.2) is 0 Å². The average molecular weight is 362 g/mol. The molecule has 1 atom stereocenters. The molecule has 20 heavy (non-hydrogen) atoms. The molecule has 2 rings (SSSR count). The summed E-state index contributed by atoms with van der Waals surface area (Å²) in [6.45, 7) is 3.97. The molecule has 2 aromatic rings. The van der Waals surface area contributed by atoms with Gasteiger partial charge in [-0.2, -0.15) is 5.10 Å². The van der Waals surface area contributed by atoms with Gasteiger partial charge in [-0.05, 0) is 47.5 Å². The number of halogens is 3. The molecule has 0 radical (unpaired) electrons. The Balaban J connectivity index is 2.28. The van der Waals surface area contributed by atoms with E-state index in [1.54, 1.807) is 16.9 Å². The molecule has 0 saturated heterocycles. The zero-order chi connectivity index (χ0) is 14.9. The highest BCUT2D eigenvalue weighted by Gasteiger charge is 2.20. The van der Waals surface area contributed by atoms with Crippen LogP contribution in [0.2, 0.25) is 5.02 Å². The Bertz CT molecular complexity index is 615. The van der Waals surface area contributed by atoms with E-state index in [1.165, 1.54) is 12.1 Å². The number of benzene rings is 1. The van der Waals surface area contributed by atoms with E-state index < -0.39 is 6.10 Å². The van der Waals surface area contributed by atoms with E-state index >= 15 is 0 Å². The van der Waals surface area contributed by atoms with Crippen LogP contribution in [0.15, 0.2) is 28.9 Å². The molecule has 3 nitrogen and oxygen atoms in total.